The fraction of sp³-hybridized carbons (Fsp3) is 0.500. The van der Waals surface area contributed by atoms with Gasteiger partial charge in [0.25, 0.3) is 5.91 Å². The molecule has 1 saturated heterocycles. The number of ether oxygens (including phenoxy) is 1. The number of hydrogen-bond acceptors (Lipinski definition) is 3. The molecule has 0 aliphatic carbocycles. The van der Waals surface area contributed by atoms with Crippen LogP contribution in [0.3, 0.4) is 0 Å². The van der Waals surface area contributed by atoms with Gasteiger partial charge in [0.05, 0.1) is 11.7 Å². The Hall–Kier alpha value is -1.88. The molecule has 1 aromatic rings. The molecule has 21 heavy (non-hydrogen) atoms. The van der Waals surface area contributed by atoms with Crippen molar-refractivity contribution in [2.45, 2.75) is 44.8 Å². The van der Waals surface area contributed by atoms with Crippen LogP contribution in [0.2, 0.25) is 0 Å². The van der Waals surface area contributed by atoms with Crippen molar-refractivity contribution < 1.29 is 19.4 Å². The van der Waals surface area contributed by atoms with Crippen LogP contribution in [0, 0.1) is 0 Å². The van der Waals surface area contributed by atoms with Gasteiger partial charge in [0, 0.05) is 12.2 Å². The van der Waals surface area contributed by atoms with Gasteiger partial charge in [-0.2, -0.15) is 0 Å². The summed E-state index contributed by atoms with van der Waals surface area (Å²) in [6, 6.07) is 4.98. The Morgan fingerprint density at radius 1 is 1.33 bits per heavy atom. The van der Waals surface area contributed by atoms with Gasteiger partial charge in [0.1, 0.15) is 6.10 Å². The SMILES string of the molecule is CC1CCC(C(=O)N2CCCc3cc(C(=O)O)ccc32)O1. The molecule has 0 saturated carbocycles. The van der Waals surface area contributed by atoms with Gasteiger partial charge in [0.15, 0.2) is 0 Å². The Morgan fingerprint density at radius 2 is 2.14 bits per heavy atom. The number of aryl methyl sites for hydroxylation is 1. The molecule has 0 spiro atoms. The van der Waals surface area contributed by atoms with E-state index in [0.717, 1.165) is 36.9 Å². The monoisotopic (exact) mass is 289 g/mol. The number of rotatable bonds is 2. The van der Waals surface area contributed by atoms with Crippen LogP contribution in [0.15, 0.2) is 18.2 Å². The van der Waals surface area contributed by atoms with Crippen LogP contribution in [0.1, 0.15) is 42.1 Å². The lowest BCUT2D eigenvalue weighted by Gasteiger charge is -2.31. The second kappa shape index (κ2) is 5.48. The molecule has 2 unspecified atom stereocenters. The average Bonchev–Trinajstić information content (AvgIpc) is 2.91. The van der Waals surface area contributed by atoms with Crippen LogP contribution in [-0.4, -0.2) is 35.7 Å². The van der Waals surface area contributed by atoms with Crippen LogP contribution in [-0.2, 0) is 16.0 Å². The summed E-state index contributed by atoms with van der Waals surface area (Å²) in [6.07, 6.45) is 3.11. The van der Waals surface area contributed by atoms with Gasteiger partial charge >= 0.3 is 5.97 Å². The molecule has 5 heteroatoms. The van der Waals surface area contributed by atoms with Crippen molar-refractivity contribution in [1.29, 1.82) is 0 Å². The molecule has 0 bridgehead atoms. The smallest absolute Gasteiger partial charge is 0.335 e. The van der Waals surface area contributed by atoms with Crippen LogP contribution in [0.5, 0.6) is 0 Å². The van der Waals surface area contributed by atoms with Crippen LogP contribution >= 0.6 is 0 Å². The molecule has 2 atom stereocenters. The summed E-state index contributed by atoms with van der Waals surface area (Å²) in [6.45, 7) is 2.66. The van der Waals surface area contributed by atoms with E-state index in [-0.39, 0.29) is 23.7 Å². The first-order chi connectivity index (χ1) is 10.1. The van der Waals surface area contributed by atoms with Crippen molar-refractivity contribution in [3.8, 4) is 0 Å². The topological polar surface area (TPSA) is 66.8 Å². The maximum Gasteiger partial charge on any atom is 0.335 e. The van der Waals surface area contributed by atoms with Gasteiger partial charge in [-0.3, -0.25) is 4.79 Å². The highest BCUT2D eigenvalue weighted by Crippen LogP contribution is 2.31. The van der Waals surface area contributed by atoms with Crippen molar-refractivity contribution in [3.63, 3.8) is 0 Å². The lowest BCUT2D eigenvalue weighted by molar-refractivity contribution is -0.129. The number of carbonyl (C=O) groups excluding carboxylic acids is 1. The molecular weight excluding hydrogens is 270 g/mol. The van der Waals surface area contributed by atoms with Crippen molar-refractivity contribution in [2.24, 2.45) is 0 Å². The van der Waals surface area contributed by atoms with Gasteiger partial charge in [-0.25, -0.2) is 4.79 Å². The van der Waals surface area contributed by atoms with E-state index in [1.165, 1.54) is 0 Å². The quantitative estimate of drug-likeness (QED) is 0.906. The highest BCUT2D eigenvalue weighted by atomic mass is 16.5. The third-order valence-electron chi connectivity index (χ3n) is 4.22. The molecule has 1 aromatic carbocycles. The number of amides is 1. The van der Waals surface area contributed by atoms with Crippen LogP contribution < -0.4 is 4.90 Å². The second-order valence-corrected chi connectivity index (χ2v) is 5.75. The molecular formula is C16H19NO4. The molecule has 0 radical (unpaired) electrons. The maximum atomic E-state index is 12.6. The number of fused-ring (bicyclic) bond motifs is 1. The minimum absolute atomic E-state index is 0.00313. The zero-order valence-electron chi connectivity index (χ0n) is 12.0. The van der Waals surface area contributed by atoms with Gasteiger partial charge in [0.2, 0.25) is 0 Å². The largest absolute Gasteiger partial charge is 0.478 e. The number of aromatic carboxylic acids is 1. The highest BCUT2D eigenvalue weighted by Gasteiger charge is 2.34. The number of hydrogen-bond donors (Lipinski definition) is 1. The number of nitrogens with zero attached hydrogens (tertiary/aromatic N) is 1. The first-order valence-electron chi connectivity index (χ1n) is 7.39. The van der Waals surface area contributed by atoms with E-state index >= 15 is 0 Å². The Balaban J connectivity index is 1.86. The van der Waals surface area contributed by atoms with Gasteiger partial charge in [-0.1, -0.05) is 0 Å². The minimum Gasteiger partial charge on any atom is -0.478 e. The summed E-state index contributed by atoms with van der Waals surface area (Å²) in [7, 11) is 0. The lowest BCUT2D eigenvalue weighted by Crippen LogP contribution is -2.42. The zero-order valence-corrected chi connectivity index (χ0v) is 12.0. The number of carboxylic acid groups (broad SMARTS) is 1. The third-order valence-corrected chi connectivity index (χ3v) is 4.22. The number of anilines is 1. The second-order valence-electron chi connectivity index (χ2n) is 5.75. The Morgan fingerprint density at radius 3 is 2.81 bits per heavy atom. The first-order valence-corrected chi connectivity index (χ1v) is 7.39. The minimum atomic E-state index is -0.936. The van der Waals surface area contributed by atoms with Crippen LogP contribution in [0.4, 0.5) is 5.69 Å². The number of carbonyl (C=O) groups is 2. The summed E-state index contributed by atoms with van der Waals surface area (Å²) in [5, 5.41) is 9.06. The van der Waals surface area contributed by atoms with E-state index in [1.807, 2.05) is 6.92 Å². The highest BCUT2D eigenvalue weighted by molar-refractivity contribution is 5.98. The summed E-state index contributed by atoms with van der Waals surface area (Å²) in [5.41, 5.74) is 2.04. The van der Waals surface area contributed by atoms with Crippen molar-refractivity contribution in [1.82, 2.24) is 0 Å². The average molecular weight is 289 g/mol. The summed E-state index contributed by atoms with van der Waals surface area (Å²) in [4.78, 5) is 25.4. The molecule has 3 rings (SSSR count). The lowest BCUT2D eigenvalue weighted by atomic mass is 9.98. The summed E-state index contributed by atoms with van der Waals surface area (Å²) in [5.74, 6) is -0.933. The van der Waals surface area contributed by atoms with E-state index in [9.17, 15) is 9.59 Å². The van der Waals surface area contributed by atoms with Gasteiger partial charge in [-0.15, -0.1) is 0 Å². The predicted octanol–water partition coefficient (Wildman–Crippen LogP) is 2.23. The van der Waals surface area contributed by atoms with E-state index in [4.69, 9.17) is 9.84 Å². The van der Waals surface area contributed by atoms with Crippen molar-refractivity contribution >= 4 is 17.6 Å². The van der Waals surface area contributed by atoms with Gasteiger partial charge < -0.3 is 14.7 Å². The third kappa shape index (κ3) is 2.65. The maximum absolute atomic E-state index is 12.6. The fourth-order valence-electron chi connectivity index (χ4n) is 3.12. The summed E-state index contributed by atoms with van der Waals surface area (Å²) < 4.78 is 5.67. The predicted molar refractivity (Wildman–Crippen MR) is 77.6 cm³/mol. The van der Waals surface area contributed by atoms with E-state index in [0.29, 0.717) is 6.54 Å². The molecule has 1 N–H and O–H groups in total. The van der Waals surface area contributed by atoms with Crippen molar-refractivity contribution in [3.05, 3.63) is 29.3 Å². The molecule has 2 heterocycles. The summed E-state index contributed by atoms with van der Waals surface area (Å²) >= 11 is 0. The van der Waals surface area contributed by atoms with Crippen molar-refractivity contribution in [2.75, 3.05) is 11.4 Å². The Kier molecular flexibility index (Phi) is 3.68. The van der Waals surface area contributed by atoms with Crippen LogP contribution in [0.25, 0.3) is 0 Å². The van der Waals surface area contributed by atoms with E-state index in [2.05, 4.69) is 0 Å². The van der Waals surface area contributed by atoms with Gasteiger partial charge in [-0.05, 0) is 56.4 Å². The van der Waals surface area contributed by atoms with E-state index in [1.54, 1.807) is 23.1 Å². The molecule has 1 amide bonds. The standard InChI is InChI=1S/C16H19NO4/c1-10-4-7-14(21-10)15(18)17-8-2-3-11-9-12(16(19)20)5-6-13(11)17/h5-6,9-10,14H,2-4,7-8H2,1H3,(H,19,20). The number of carboxylic acids is 1. The normalized spacial score (nSPS) is 24.7. The number of benzene rings is 1. The molecule has 2 aliphatic rings. The van der Waals surface area contributed by atoms with E-state index < -0.39 is 5.97 Å². The molecule has 0 aromatic heterocycles. The molecule has 5 nitrogen and oxygen atoms in total. The Labute approximate surface area is 123 Å². The molecule has 2 aliphatic heterocycles. The molecule has 112 valence electrons. The first kappa shape index (κ1) is 14.1. The molecule has 1 fully saturated rings. The zero-order chi connectivity index (χ0) is 15.0. The Bertz CT molecular complexity index is 584. The fourth-order valence-corrected chi connectivity index (χ4v) is 3.12.